The highest BCUT2D eigenvalue weighted by molar-refractivity contribution is 5.67. The quantitative estimate of drug-likeness (QED) is 0.718. The Hall–Kier alpha value is -1.05. The number of carbonyl (C=O) groups is 1. The van der Waals surface area contributed by atoms with Gasteiger partial charge in [0.15, 0.2) is 0 Å². The fourth-order valence-corrected chi connectivity index (χ4v) is 2.77. The summed E-state index contributed by atoms with van der Waals surface area (Å²) in [5, 5.41) is 8.59. The first-order valence-electron chi connectivity index (χ1n) is 5.72. The van der Waals surface area contributed by atoms with E-state index in [4.69, 9.17) is 5.11 Å². The molecule has 3 atom stereocenters. The molecule has 0 aromatic rings. The number of allylic oxidation sites excluding steroid dienone is 4. The van der Waals surface area contributed by atoms with Crippen LogP contribution in [0.1, 0.15) is 32.6 Å². The van der Waals surface area contributed by atoms with Gasteiger partial charge in [0.2, 0.25) is 0 Å². The van der Waals surface area contributed by atoms with Crippen molar-refractivity contribution in [1.29, 1.82) is 0 Å². The van der Waals surface area contributed by atoms with E-state index in [9.17, 15) is 4.79 Å². The van der Waals surface area contributed by atoms with Crippen molar-refractivity contribution in [1.82, 2.24) is 0 Å². The highest BCUT2D eigenvalue weighted by Crippen LogP contribution is 2.44. The minimum Gasteiger partial charge on any atom is -0.481 e. The summed E-state index contributed by atoms with van der Waals surface area (Å²) in [5.74, 6) is 1.50. The van der Waals surface area contributed by atoms with Crippen LogP contribution in [0.25, 0.3) is 0 Å². The van der Waals surface area contributed by atoms with Gasteiger partial charge in [-0.25, -0.2) is 0 Å². The lowest BCUT2D eigenvalue weighted by atomic mass is 9.91. The zero-order chi connectivity index (χ0) is 10.8. The third kappa shape index (κ3) is 2.49. The molecule has 1 N–H and O–H groups in total. The number of fused-ring (bicyclic) bond motifs is 2. The van der Waals surface area contributed by atoms with Crippen LogP contribution in [0.3, 0.4) is 0 Å². The molecular formula is C13H18O2. The van der Waals surface area contributed by atoms with Crippen molar-refractivity contribution in [3.05, 3.63) is 23.8 Å². The Bertz CT molecular complexity index is 314. The molecule has 2 aliphatic carbocycles. The van der Waals surface area contributed by atoms with Gasteiger partial charge in [0.1, 0.15) is 0 Å². The van der Waals surface area contributed by atoms with Crippen molar-refractivity contribution >= 4 is 5.97 Å². The SMILES string of the molecule is C/C(=C\C1CC2C=CC1C2)CCC(=O)O. The van der Waals surface area contributed by atoms with E-state index in [1.54, 1.807) is 0 Å². The second kappa shape index (κ2) is 4.21. The molecule has 2 heteroatoms. The molecule has 0 saturated heterocycles. The second-order valence-corrected chi connectivity index (χ2v) is 4.85. The van der Waals surface area contributed by atoms with E-state index in [0.717, 1.165) is 11.8 Å². The highest BCUT2D eigenvalue weighted by atomic mass is 16.4. The Labute approximate surface area is 90.7 Å². The molecule has 2 rings (SSSR count). The summed E-state index contributed by atoms with van der Waals surface area (Å²) in [5.41, 5.74) is 1.24. The van der Waals surface area contributed by atoms with Crippen LogP contribution >= 0.6 is 0 Å². The summed E-state index contributed by atoms with van der Waals surface area (Å²) in [7, 11) is 0. The van der Waals surface area contributed by atoms with Crippen molar-refractivity contribution in [3.8, 4) is 0 Å². The topological polar surface area (TPSA) is 37.3 Å². The van der Waals surface area contributed by atoms with Crippen LogP contribution < -0.4 is 0 Å². The molecule has 1 fully saturated rings. The molecule has 1 saturated carbocycles. The third-order valence-electron chi connectivity index (χ3n) is 3.56. The molecule has 0 aromatic carbocycles. The van der Waals surface area contributed by atoms with Crippen molar-refractivity contribution in [2.75, 3.05) is 0 Å². The highest BCUT2D eigenvalue weighted by Gasteiger charge is 2.33. The maximum atomic E-state index is 10.4. The van der Waals surface area contributed by atoms with Crippen molar-refractivity contribution in [3.63, 3.8) is 0 Å². The van der Waals surface area contributed by atoms with Crippen LogP contribution in [0.15, 0.2) is 23.8 Å². The predicted molar refractivity (Wildman–Crippen MR) is 59.5 cm³/mol. The molecule has 0 aromatic heterocycles. The van der Waals surface area contributed by atoms with Crippen molar-refractivity contribution in [2.24, 2.45) is 17.8 Å². The Morgan fingerprint density at radius 2 is 2.20 bits per heavy atom. The van der Waals surface area contributed by atoms with Crippen LogP contribution in [-0.2, 0) is 4.79 Å². The molecule has 15 heavy (non-hydrogen) atoms. The summed E-state index contributed by atoms with van der Waals surface area (Å²) in [6.07, 6.45) is 10.5. The van der Waals surface area contributed by atoms with Crippen LogP contribution in [0.4, 0.5) is 0 Å². The molecule has 0 amide bonds. The summed E-state index contributed by atoms with van der Waals surface area (Å²) in [6.45, 7) is 2.05. The molecule has 0 heterocycles. The monoisotopic (exact) mass is 206 g/mol. The molecule has 0 radical (unpaired) electrons. The Morgan fingerprint density at radius 1 is 1.40 bits per heavy atom. The van der Waals surface area contributed by atoms with E-state index in [1.165, 1.54) is 18.4 Å². The average molecular weight is 206 g/mol. The second-order valence-electron chi connectivity index (χ2n) is 4.85. The van der Waals surface area contributed by atoms with E-state index in [0.29, 0.717) is 12.3 Å². The maximum absolute atomic E-state index is 10.4. The van der Waals surface area contributed by atoms with Crippen LogP contribution in [0.2, 0.25) is 0 Å². The maximum Gasteiger partial charge on any atom is 0.303 e. The van der Waals surface area contributed by atoms with Crippen molar-refractivity contribution in [2.45, 2.75) is 32.6 Å². The summed E-state index contributed by atoms with van der Waals surface area (Å²) < 4.78 is 0. The molecule has 2 bridgehead atoms. The largest absolute Gasteiger partial charge is 0.481 e. The first-order chi connectivity index (χ1) is 7.15. The molecule has 82 valence electrons. The first-order valence-corrected chi connectivity index (χ1v) is 5.72. The van der Waals surface area contributed by atoms with E-state index in [1.807, 2.05) is 0 Å². The number of hydrogen-bond donors (Lipinski definition) is 1. The Morgan fingerprint density at radius 3 is 2.73 bits per heavy atom. The normalized spacial score (nSPS) is 33.7. The van der Waals surface area contributed by atoms with Crippen LogP contribution in [0, 0.1) is 17.8 Å². The third-order valence-corrected chi connectivity index (χ3v) is 3.56. The van der Waals surface area contributed by atoms with Crippen molar-refractivity contribution < 1.29 is 9.90 Å². The first kappa shape index (κ1) is 10.5. The fourth-order valence-electron chi connectivity index (χ4n) is 2.77. The predicted octanol–water partition coefficient (Wildman–Crippen LogP) is 3.01. The van der Waals surface area contributed by atoms with E-state index in [2.05, 4.69) is 25.2 Å². The molecule has 0 aliphatic heterocycles. The fraction of sp³-hybridized carbons (Fsp3) is 0.615. The number of hydrogen-bond acceptors (Lipinski definition) is 1. The average Bonchev–Trinajstić information content (AvgIpc) is 2.76. The Kier molecular flexibility index (Phi) is 2.94. The minimum atomic E-state index is -0.699. The summed E-state index contributed by atoms with van der Waals surface area (Å²) in [4.78, 5) is 10.4. The van der Waals surface area contributed by atoms with E-state index < -0.39 is 5.97 Å². The lowest BCUT2D eigenvalue weighted by Gasteiger charge is -2.14. The molecular weight excluding hydrogens is 188 g/mol. The van der Waals surface area contributed by atoms with Gasteiger partial charge in [0, 0.05) is 6.42 Å². The Balaban J connectivity index is 1.87. The van der Waals surface area contributed by atoms with Gasteiger partial charge in [-0.15, -0.1) is 0 Å². The summed E-state index contributed by atoms with van der Waals surface area (Å²) >= 11 is 0. The molecule has 0 spiro atoms. The lowest BCUT2D eigenvalue weighted by Crippen LogP contribution is -2.04. The zero-order valence-electron chi connectivity index (χ0n) is 9.15. The van der Waals surface area contributed by atoms with Gasteiger partial charge in [-0.05, 0) is 43.9 Å². The van der Waals surface area contributed by atoms with Gasteiger partial charge >= 0.3 is 5.97 Å². The standard InChI is InChI=1S/C13H18O2/c1-9(2-5-13(14)15)6-12-8-10-3-4-11(12)7-10/h3-4,6,10-12H,2,5,7-8H2,1H3,(H,14,15)/b9-6+. The van der Waals surface area contributed by atoms with E-state index in [-0.39, 0.29) is 6.42 Å². The zero-order valence-corrected chi connectivity index (χ0v) is 9.15. The lowest BCUT2D eigenvalue weighted by molar-refractivity contribution is -0.136. The van der Waals surface area contributed by atoms with Gasteiger partial charge in [0.05, 0.1) is 0 Å². The van der Waals surface area contributed by atoms with Crippen LogP contribution in [0.5, 0.6) is 0 Å². The number of carboxylic acids is 1. The molecule has 3 unspecified atom stereocenters. The minimum absolute atomic E-state index is 0.263. The molecule has 2 aliphatic rings. The number of carboxylic acid groups (broad SMARTS) is 1. The number of aliphatic carboxylic acids is 1. The molecule has 2 nitrogen and oxygen atoms in total. The van der Waals surface area contributed by atoms with E-state index >= 15 is 0 Å². The smallest absolute Gasteiger partial charge is 0.303 e. The number of rotatable bonds is 4. The van der Waals surface area contributed by atoms with Gasteiger partial charge in [-0.2, -0.15) is 0 Å². The van der Waals surface area contributed by atoms with Gasteiger partial charge in [-0.1, -0.05) is 23.8 Å². The summed E-state index contributed by atoms with van der Waals surface area (Å²) in [6, 6.07) is 0. The van der Waals surface area contributed by atoms with Gasteiger partial charge in [-0.3, -0.25) is 4.79 Å². The van der Waals surface area contributed by atoms with Crippen LogP contribution in [-0.4, -0.2) is 11.1 Å². The van der Waals surface area contributed by atoms with Gasteiger partial charge < -0.3 is 5.11 Å². The van der Waals surface area contributed by atoms with Gasteiger partial charge in [0.25, 0.3) is 0 Å².